The normalized spacial score (nSPS) is 21.4. The molecule has 0 aliphatic heterocycles. The molecule has 1 aliphatic carbocycles. The van der Waals surface area contributed by atoms with E-state index in [0.717, 1.165) is 6.42 Å². The largest absolute Gasteiger partial charge is 0.490 e. The van der Waals surface area contributed by atoms with Crippen molar-refractivity contribution in [1.29, 1.82) is 0 Å². The molecule has 1 rings (SSSR count). The summed E-state index contributed by atoms with van der Waals surface area (Å²) < 4.78 is 31.7. The first kappa shape index (κ1) is 12.9. The van der Waals surface area contributed by atoms with E-state index >= 15 is 0 Å². The summed E-state index contributed by atoms with van der Waals surface area (Å²) in [5.74, 6) is -2.43. The SMILES string of the molecule is N[C@@H]1CCC(=O)C1.O=C(O)C(F)(F)F. The molecule has 3 N–H and O–H groups in total. The minimum absolute atomic E-state index is 0.174. The van der Waals surface area contributed by atoms with Gasteiger partial charge in [0, 0.05) is 18.9 Å². The molecule has 0 aromatic carbocycles. The minimum atomic E-state index is -5.08. The molecule has 0 heterocycles. The zero-order valence-corrected chi connectivity index (χ0v) is 7.17. The maximum atomic E-state index is 10.6. The number of aliphatic carboxylic acids is 1. The molecular weight excluding hydrogens is 203 g/mol. The number of halogens is 3. The number of rotatable bonds is 0. The number of hydrogen-bond donors (Lipinski definition) is 2. The van der Waals surface area contributed by atoms with E-state index in [1.54, 1.807) is 0 Å². The Hall–Kier alpha value is -1.11. The van der Waals surface area contributed by atoms with Gasteiger partial charge in [-0.1, -0.05) is 0 Å². The Morgan fingerprint density at radius 1 is 1.50 bits per heavy atom. The number of ketones is 1. The molecule has 0 saturated heterocycles. The van der Waals surface area contributed by atoms with Crippen molar-refractivity contribution in [3.8, 4) is 0 Å². The van der Waals surface area contributed by atoms with Gasteiger partial charge in [-0.15, -0.1) is 0 Å². The standard InChI is InChI=1S/C5H9NO.C2HF3O2/c6-4-1-2-5(7)3-4;3-2(4,5)1(6)7/h4H,1-3,6H2;(H,6,7)/t4-;/m1./s1. The summed E-state index contributed by atoms with van der Waals surface area (Å²) in [5, 5.41) is 7.12. The fraction of sp³-hybridized carbons (Fsp3) is 0.714. The first-order chi connectivity index (χ1) is 6.23. The monoisotopic (exact) mass is 213 g/mol. The zero-order chi connectivity index (χ0) is 11.4. The number of carboxylic acid groups (broad SMARTS) is 1. The molecule has 1 atom stereocenters. The topological polar surface area (TPSA) is 80.4 Å². The summed E-state index contributed by atoms with van der Waals surface area (Å²) in [7, 11) is 0. The fourth-order valence-electron chi connectivity index (χ4n) is 0.843. The molecule has 14 heavy (non-hydrogen) atoms. The second-order valence-electron chi connectivity index (χ2n) is 2.84. The Bertz CT molecular complexity index is 227. The van der Waals surface area contributed by atoms with E-state index in [2.05, 4.69) is 0 Å². The van der Waals surface area contributed by atoms with Gasteiger partial charge in [-0.25, -0.2) is 4.79 Å². The molecule has 0 aromatic rings. The minimum Gasteiger partial charge on any atom is -0.475 e. The first-order valence-electron chi connectivity index (χ1n) is 3.81. The number of carbonyl (C=O) groups is 2. The van der Waals surface area contributed by atoms with Crippen molar-refractivity contribution in [2.45, 2.75) is 31.5 Å². The van der Waals surface area contributed by atoms with Crippen molar-refractivity contribution in [3.63, 3.8) is 0 Å². The molecule has 0 spiro atoms. The first-order valence-corrected chi connectivity index (χ1v) is 3.81. The molecule has 82 valence electrons. The van der Waals surface area contributed by atoms with E-state index in [4.69, 9.17) is 15.6 Å². The third-order valence-corrected chi connectivity index (χ3v) is 1.53. The van der Waals surface area contributed by atoms with Crippen LogP contribution in [0, 0.1) is 0 Å². The summed E-state index contributed by atoms with van der Waals surface area (Å²) >= 11 is 0. The van der Waals surface area contributed by atoms with Crippen LogP contribution in [0.5, 0.6) is 0 Å². The third-order valence-electron chi connectivity index (χ3n) is 1.53. The molecule has 7 heteroatoms. The van der Waals surface area contributed by atoms with E-state index in [1.165, 1.54) is 0 Å². The number of Topliss-reactive ketones (excluding diaryl/α,β-unsaturated/α-hetero) is 1. The van der Waals surface area contributed by atoms with Gasteiger partial charge in [0.05, 0.1) is 0 Å². The summed E-state index contributed by atoms with van der Waals surface area (Å²) in [6, 6.07) is 0.174. The quantitative estimate of drug-likeness (QED) is 0.620. The van der Waals surface area contributed by atoms with Crippen molar-refractivity contribution >= 4 is 11.8 Å². The van der Waals surface area contributed by atoms with Crippen LogP contribution >= 0.6 is 0 Å². The van der Waals surface area contributed by atoms with Crippen molar-refractivity contribution in [2.24, 2.45) is 5.73 Å². The van der Waals surface area contributed by atoms with Crippen molar-refractivity contribution in [3.05, 3.63) is 0 Å². The number of carboxylic acids is 1. The Labute approximate surface area is 77.9 Å². The maximum Gasteiger partial charge on any atom is 0.490 e. The highest BCUT2D eigenvalue weighted by atomic mass is 19.4. The highest BCUT2D eigenvalue weighted by Gasteiger charge is 2.38. The van der Waals surface area contributed by atoms with Crippen LogP contribution in [0.15, 0.2) is 0 Å². The predicted octanol–water partition coefficient (Wildman–Crippen LogP) is 0.700. The molecule has 1 aliphatic rings. The molecule has 1 fully saturated rings. The van der Waals surface area contributed by atoms with Gasteiger partial charge in [-0.05, 0) is 6.42 Å². The predicted molar refractivity (Wildman–Crippen MR) is 40.5 cm³/mol. The lowest BCUT2D eigenvalue weighted by molar-refractivity contribution is -0.192. The molecule has 0 amide bonds. The van der Waals surface area contributed by atoms with Gasteiger partial charge >= 0.3 is 12.1 Å². The van der Waals surface area contributed by atoms with Crippen LogP contribution in [0.4, 0.5) is 13.2 Å². The number of nitrogens with two attached hydrogens (primary N) is 1. The fourth-order valence-corrected chi connectivity index (χ4v) is 0.843. The second kappa shape index (κ2) is 4.94. The van der Waals surface area contributed by atoms with Crippen molar-refractivity contribution in [1.82, 2.24) is 0 Å². The Morgan fingerprint density at radius 2 is 1.93 bits per heavy atom. The Morgan fingerprint density at radius 3 is 2.00 bits per heavy atom. The van der Waals surface area contributed by atoms with Gasteiger partial charge < -0.3 is 10.8 Å². The van der Waals surface area contributed by atoms with Crippen LogP contribution in [0.2, 0.25) is 0 Å². The van der Waals surface area contributed by atoms with Gasteiger partial charge in [0.15, 0.2) is 0 Å². The average molecular weight is 213 g/mol. The van der Waals surface area contributed by atoms with Gasteiger partial charge in [0.2, 0.25) is 0 Å². The second-order valence-corrected chi connectivity index (χ2v) is 2.84. The molecule has 0 radical (unpaired) electrons. The smallest absolute Gasteiger partial charge is 0.475 e. The van der Waals surface area contributed by atoms with Crippen LogP contribution in [-0.2, 0) is 9.59 Å². The third kappa shape index (κ3) is 5.52. The Balaban J connectivity index is 0.000000241. The molecular formula is C7H10F3NO3. The maximum absolute atomic E-state index is 10.6. The van der Waals surface area contributed by atoms with Crippen molar-refractivity contribution < 1.29 is 27.9 Å². The summed E-state index contributed by atoms with van der Waals surface area (Å²) in [6.07, 6.45) is -2.86. The zero-order valence-electron chi connectivity index (χ0n) is 7.17. The van der Waals surface area contributed by atoms with E-state index in [0.29, 0.717) is 18.6 Å². The van der Waals surface area contributed by atoms with Gasteiger partial charge in [0.1, 0.15) is 5.78 Å². The van der Waals surface area contributed by atoms with Gasteiger partial charge in [-0.2, -0.15) is 13.2 Å². The highest BCUT2D eigenvalue weighted by molar-refractivity contribution is 5.81. The van der Waals surface area contributed by atoms with E-state index < -0.39 is 12.1 Å². The molecule has 4 nitrogen and oxygen atoms in total. The number of hydrogen-bond acceptors (Lipinski definition) is 3. The van der Waals surface area contributed by atoms with E-state index in [9.17, 15) is 18.0 Å². The molecule has 1 saturated carbocycles. The lowest BCUT2D eigenvalue weighted by Crippen LogP contribution is -2.21. The highest BCUT2D eigenvalue weighted by Crippen LogP contribution is 2.13. The Kier molecular flexibility index (Phi) is 4.55. The van der Waals surface area contributed by atoms with Gasteiger partial charge in [-0.3, -0.25) is 4.79 Å². The van der Waals surface area contributed by atoms with Crippen LogP contribution in [0.1, 0.15) is 19.3 Å². The molecule has 0 unspecified atom stereocenters. The lowest BCUT2D eigenvalue weighted by atomic mass is 10.3. The van der Waals surface area contributed by atoms with E-state index in [1.807, 2.05) is 0 Å². The van der Waals surface area contributed by atoms with E-state index in [-0.39, 0.29) is 6.04 Å². The summed E-state index contributed by atoms with van der Waals surface area (Å²) in [5.41, 5.74) is 5.40. The molecule has 0 aromatic heterocycles. The van der Waals surface area contributed by atoms with Gasteiger partial charge in [0.25, 0.3) is 0 Å². The number of carbonyl (C=O) groups excluding carboxylic acids is 1. The van der Waals surface area contributed by atoms with Crippen LogP contribution < -0.4 is 5.73 Å². The number of alkyl halides is 3. The lowest BCUT2D eigenvalue weighted by Gasteiger charge is -1.93. The summed E-state index contributed by atoms with van der Waals surface area (Å²) in [4.78, 5) is 19.3. The van der Waals surface area contributed by atoms with Crippen LogP contribution in [0.25, 0.3) is 0 Å². The van der Waals surface area contributed by atoms with Crippen LogP contribution in [0.3, 0.4) is 0 Å². The van der Waals surface area contributed by atoms with Crippen molar-refractivity contribution in [2.75, 3.05) is 0 Å². The average Bonchev–Trinajstić information content (AvgIpc) is 2.33. The van der Waals surface area contributed by atoms with Crippen LogP contribution in [-0.4, -0.2) is 29.1 Å². The summed E-state index contributed by atoms with van der Waals surface area (Å²) in [6.45, 7) is 0. The molecule has 0 bridgehead atoms.